The third-order valence-electron chi connectivity index (χ3n) is 4.38. The molecule has 0 aliphatic rings. The molecule has 4 rings (SSSR count). The molecule has 0 heterocycles. The van der Waals surface area contributed by atoms with Gasteiger partial charge in [-0.05, 0) is 47.9 Å². The highest BCUT2D eigenvalue weighted by atomic mass is 19.1. The fourth-order valence-electron chi connectivity index (χ4n) is 3.11. The molecule has 0 atom stereocenters. The molecular formula is C22H17BFN. The van der Waals surface area contributed by atoms with E-state index in [0.717, 1.165) is 22.4 Å². The van der Waals surface area contributed by atoms with Crippen LogP contribution < -0.4 is 10.4 Å². The van der Waals surface area contributed by atoms with Gasteiger partial charge in [0.15, 0.2) is 0 Å². The Bertz CT molecular complexity index is 959. The minimum absolute atomic E-state index is 0.231. The highest BCUT2D eigenvalue weighted by Crippen LogP contribution is 2.38. The van der Waals surface area contributed by atoms with E-state index >= 15 is 0 Å². The second kappa shape index (κ2) is 6.44. The average molecular weight is 325 g/mol. The van der Waals surface area contributed by atoms with Crippen LogP contribution in [-0.2, 0) is 0 Å². The SMILES string of the molecule is Bc1ccc(N(c2ccc(F)cc2)c2cccc3ccccc23)cc1. The van der Waals surface area contributed by atoms with Crippen molar-refractivity contribution >= 4 is 41.1 Å². The smallest absolute Gasteiger partial charge is 0.139 e. The Kier molecular flexibility index (Phi) is 3.98. The van der Waals surface area contributed by atoms with Gasteiger partial charge in [0, 0.05) is 16.8 Å². The zero-order valence-corrected chi connectivity index (χ0v) is 14.0. The number of anilines is 3. The Balaban J connectivity index is 1.96. The van der Waals surface area contributed by atoms with E-state index in [9.17, 15) is 4.39 Å². The van der Waals surface area contributed by atoms with Crippen LogP contribution in [0, 0.1) is 5.82 Å². The third kappa shape index (κ3) is 3.01. The molecule has 0 amide bonds. The van der Waals surface area contributed by atoms with Gasteiger partial charge in [-0.1, -0.05) is 54.0 Å². The van der Waals surface area contributed by atoms with Crippen molar-refractivity contribution in [2.24, 2.45) is 0 Å². The van der Waals surface area contributed by atoms with Crippen molar-refractivity contribution in [3.8, 4) is 0 Å². The molecule has 0 saturated carbocycles. The van der Waals surface area contributed by atoms with Gasteiger partial charge in [0.1, 0.15) is 13.7 Å². The number of fused-ring (bicyclic) bond motifs is 1. The maximum Gasteiger partial charge on any atom is 0.139 e. The van der Waals surface area contributed by atoms with E-state index in [0.29, 0.717) is 0 Å². The first kappa shape index (κ1) is 15.5. The van der Waals surface area contributed by atoms with Crippen LogP contribution >= 0.6 is 0 Å². The molecule has 4 aromatic rings. The number of nitrogens with zero attached hydrogens (tertiary/aromatic N) is 1. The Morgan fingerprint density at radius 1 is 0.640 bits per heavy atom. The van der Waals surface area contributed by atoms with E-state index in [1.165, 1.54) is 23.0 Å². The molecule has 0 aliphatic heterocycles. The first-order valence-corrected chi connectivity index (χ1v) is 8.32. The predicted molar refractivity (Wildman–Crippen MR) is 107 cm³/mol. The largest absolute Gasteiger partial charge is 0.310 e. The summed E-state index contributed by atoms with van der Waals surface area (Å²) in [7, 11) is 2.07. The quantitative estimate of drug-likeness (QED) is 0.493. The number of rotatable bonds is 3. The number of benzene rings is 4. The zero-order chi connectivity index (χ0) is 17.2. The van der Waals surface area contributed by atoms with Gasteiger partial charge in [-0.25, -0.2) is 4.39 Å². The molecule has 4 aromatic carbocycles. The zero-order valence-electron chi connectivity index (χ0n) is 14.0. The summed E-state index contributed by atoms with van der Waals surface area (Å²) in [6.07, 6.45) is 0. The summed E-state index contributed by atoms with van der Waals surface area (Å²) in [5, 5.41) is 2.34. The maximum atomic E-state index is 13.4. The maximum absolute atomic E-state index is 13.4. The Labute approximate surface area is 147 Å². The summed E-state index contributed by atoms with van der Waals surface area (Å²) >= 11 is 0. The van der Waals surface area contributed by atoms with Gasteiger partial charge in [-0.15, -0.1) is 0 Å². The predicted octanol–water partition coefficient (Wildman–Crippen LogP) is 4.71. The van der Waals surface area contributed by atoms with Crippen molar-refractivity contribution in [2.75, 3.05) is 4.90 Å². The minimum atomic E-state index is -0.231. The van der Waals surface area contributed by atoms with Gasteiger partial charge in [-0.2, -0.15) is 0 Å². The second-order valence-corrected chi connectivity index (χ2v) is 6.15. The number of hydrogen-bond acceptors (Lipinski definition) is 1. The van der Waals surface area contributed by atoms with Gasteiger partial charge >= 0.3 is 0 Å². The lowest BCUT2D eigenvalue weighted by atomic mass is 9.96. The standard InChI is InChI=1S/C22H17BFN/c23-17-8-12-19(13-9-17)25(20-14-10-18(24)11-15-20)22-7-3-5-16-4-1-2-6-21(16)22/h1-15H,23H2. The lowest BCUT2D eigenvalue weighted by Gasteiger charge is -2.27. The van der Waals surface area contributed by atoms with Crippen molar-refractivity contribution in [1.29, 1.82) is 0 Å². The molecule has 1 nitrogen and oxygen atoms in total. The van der Waals surface area contributed by atoms with Crippen molar-refractivity contribution in [3.05, 3.63) is 96.8 Å². The fraction of sp³-hybridized carbons (Fsp3) is 0. The normalized spacial score (nSPS) is 10.8. The first-order valence-electron chi connectivity index (χ1n) is 8.32. The van der Waals surface area contributed by atoms with Gasteiger partial charge < -0.3 is 4.90 Å². The van der Waals surface area contributed by atoms with Crippen LogP contribution in [0.5, 0.6) is 0 Å². The monoisotopic (exact) mass is 325 g/mol. The molecule has 0 N–H and O–H groups in total. The minimum Gasteiger partial charge on any atom is -0.310 e. The van der Waals surface area contributed by atoms with Gasteiger partial charge in [0.05, 0.1) is 5.69 Å². The van der Waals surface area contributed by atoms with Crippen LogP contribution in [0.25, 0.3) is 10.8 Å². The Morgan fingerprint density at radius 2 is 1.24 bits per heavy atom. The molecule has 3 heteroatoms. The summed E-state index contributed by atoms with van der Waals surface area (Å²) < 4.78 is 13.4. The van der Waals surface area contributed by atoms with E-state index in [4.69, 9.17) is 0 Å². The van der Waals surface area contributed by atoms with E-state index in [1.54, 1.807) is 0 Å². The van der Waals surface area contributed by atoms with Crippen LogP contribution in [0.2, 0.25) is 0 Å². The van der Waals surface area contributed by atoms with E-state index in [2.05, 4.69) is 67.3 Å². The number of halogens is 1. The molecular weight excluding hydrogens is 308 g/mol. The first-order chi connectivity index (χ1) is 12.2. The van der Waals surface area contributed by atoms with Crippen molar-refractivity contribution in [3.63, 3.8) is 0 Å². The fourth-order valence-corrected chi connectivity index (χ4v) is 3.11. The average Bonchev–Trinajstić information content (AvgIpc) is 2.65. The van der Waals surface area contributed by atoms with Crippen molar-refractivity contribution < 1.29 is 4.39 Å². The highest BCUT2D eigenvalue weighted by molar-refractivity contribution is 6.32. The molecule has 0 aliphatic carbocycles. The summed E-state index contributed by atoms with van der Waals surface area (Å²) in [5.74, 6) is -0.231. The van der Waals surface area contributed by atoms with Crippen molar-refractivity contribution in [2.45, 2.75) is 0 Å². The van der Waals surface area contributed by atoms with E-state index < -0.39 is 0 Å². The third-order valence-corrected chi connectivity index (χ3v) is 4.38. The molecule has 25 heavy (non-hydrogen) atoms. The number of hydrogen-bond donors (Lipinski definition) is 0. The molecule has 0 aromatic heterocycles. The Hall–Kier alpha value is -3.07. The summed E-state index contributed by atoms with van der Waals surface area (Å²) in [5.41, 5.74) is 4.27. The second-order valence-electron chi connectivity index (χ2n) is 6.15. The Morgan fingerprint density at radius 3 is 1.96 bits per heavy atom. The molecule has 0 fully saturated rings. The summed E-state index contributed by atoms with van der Waals surface area (Å²) in [6.45, 7) is 0. The van der Waals surface area contributed by atoms with Crippen LogP contribution in [0.3, 0.4) is 0 Å². The molecule has 0 unspecified atom stereocenters. The van der Waals surface area contributed by atoms with Crippen LogP contribution in [0.15, 0.2) is 91.0 Å². The van der Waals surface area contributed by atoms with E-state index in [-0.39, 0.29) is 5.82 Å². The lowest BCUT2D eigenvalue weighted by molar-refractivity contribution is 0.628. The molecule has 0 radical (unpaired) electrons. The van der Waals surface area contributed by atoms with Gasteiger partial charge in [0.25, 0.3) is 0 Å². The van der Waals surface area contributed by atoms with Crippen molar-refractivity contribution in [1.82, 2.24) is 0 Å². The highest BCUT2D eigenvalue weighted by Gasteiger charge is 2.14. The molecule has 120 valence electrons. The van der Waals surface area contributed by atoms with E-state index in [1.807, 2.05) is 24.3 Å². The molecule has 0 spiro atoms. The van der Waals surface area contributed by atoms with Gasteiger partial charge in [0.2, 0.25) is 0 Å². The lowest BCUT2D eigenvalue weighted by Crippen LogP contribution is -2.12. The van der Waals surface area contributed by atoms with Gasteiger partial charge in [-0.3, -0.25) is 0 Å². The van der Waals surface area contributed by atoms with Crippen LogP contribution in [0.4, 0.5) is 21.5 Å². The molecule has 0 bridgehead atoms. The summed E-state index contributed by atoms with van der Waals surface area (Å²) in [6, 6.07) is 29.6. The summed E-state index contributed by atoms with van der Waals surface area (Å²) in [4.78, 5) is 2.17. The van der Waals surface area contributed by atoms with Crippen LogP contribution in [0.1, 0.15) is 0 Å². The van der Waals surface area contributed by atoms with Crippen LogP contribution in [-0.4, -0.2) is 7.85 Å². The topological polar surface area (TPSA) is 3.24 Å². The molecule has 0 saturated heterocycles.